The average Bonchev–Trinajstić information content (AvgIpc) is 4.10. The number of aromatic nitrogens is 7. The van der Waals surface area contributed by atoms with Crippen molar-refractivity contribution in [1.82, 2.24) is 55.4 Å². The van der Waals surface area contributed by atoms with Gasteiger partial charge in [0.2, 0.25) is 11.9 Å². The van der Waals surface area contributed by atoms with Crippen LogP contribution in [0.5, 0.6) is 0 Å². The third kappa shape index (κ3) is 8.61. The first-order chi connectivity index (χ1) is 34.3. The van der Waals surface area contributed by atoms with E-state index in [1.54, 1.807) is 10.7 Å². The van der Waals surface area contributed by atoms with Crippen LogP contribution in [0.1, 0.15) is 93.0 Å². The molecule has 0 spiro atoms. The number of nitrogens with one attached hydrogen (secondary N) is 3. The van der Waals surface area contributed by atoms with Crippen molar-refractivity contribution in [3.05, 3.63) is 89.4 Å². The van der Waals surface area contributed by atoms with Gasteiger partial charge in [0.15, 0.2) is 0 Å². The van der Waals surface area contributed by atoms with Crippen LogP contribution in [0.3, 0.4) is 0 Å². The van der Waals surface area contributed by atoms with Crippen LogP contribution in [0.2, 0.25) is 0 Å². The van der Waals surface area contributed by atoms with Crippen LogP contribution in [-0.2, 0) is 9.59 Å². The zero-order valence-corrected chi connectivity index (χ0v) is 41.3. The van der Waals surface area contributed by atoms with Crippen LogP contribution in [-0.4, -0.2) is 151 Å². The number of fused-ring (bicyclic) bond motifs is 3. The molecule has 4 fully saturated rings. The molecule has 11 rings (SSSR count). The molecular formula is C52H63N15O4. The van der Waals surface area contributed by atoms with Crippen LogP contribution in [0.15, 0.2) is 78.3 Å². The maximum absolute atomic E-state index is 13.8. The number of H-pyrrole nitrogens is 1. The number of pyridine rings is 1. The van der Waals surface area contributed by atoms with E-state index < -0.39 is 11.9 Å². The lowest BCUT2D eigenvalue weighted by atomic mass is 9.91. The predicted octanol–water partition coefficient (Wildman–Crippen LogP) is 5.45. The number of aromatic amines is 1. The topological polar surface area (TPSA) is 197 Å². The summed E-state index contributed by atoms with van der Waals surface area (Å²) in [4.78, 5) is 71.2. The molecule has 0 aliphatic carbocycles. The lowest BCUT2D eigenvalue weighted by molar-refractivity contribution is -0.125. The average molecular weight is 962 g/mol. The van der Waals surface area contributed by atoms with Crippen LogP contribution in [0, 0.1) is 11.8 Å². The molecule has 370 valence electrons. The highest BCUT2D eigenvalue weighted by molar-refractivity contribution is 6.23. The number of amides is 4. The Morgan fingerprint density at radius 3 is 2.34 bits per heavy atom. The lowest BCUT2D eigenvalue weighted by Crippen LogP contribution is -2.58. The van der Waals surface area contributed by atoms with Gasteiger partial charge in [-0.1, -0.05) is 11.7 Å². The molecule has 0 saturated carbocycles. The molecule has 71 heavy (non-hydrogen) atoms. The zero-order chi connectivity index (χ0) is 49.2. The number of carbonyl (C=O) groups excluding carboxylic acids is 4. The van der Waals surface area contributed by atoms with E-state index in [0.29, 0.717) is 70.8 Å². The molecule has 9 heterocycles. The van der Waals surface area contributed by atoms with E-state index in [-0.39, 0.29) is 23.8 Å². The number of rotatable bonds is 10. The maximum atomic E-state index is 13.8. The summed E-state index contributed by atoms with van der Waals surface area (Å²) in [5, 5.41) is 26.7. The minimum absolute atomic E-state index is 0.207. The Balaban J connectivity index is 0.656. The van der Waals surface area contributed by atoms with Gasteiger partial charge in [0, 0.05) is 98.3 Å². The Morgan fingerprint density at radius 1 is 0.845 bits per heavy atom. The van der Waals surface area contributed by atoms with Crippen molar-refractivity contribution in [1.29, 1.82) is 0 Å². The van der Waals surface area contributed by atoms with E-state index in [1.807, 2.05) is 68.4 Å². The lowest BCUT2D eigenvalue weighted by Gasteiger charge is -2.47. The molecule has 19 nitrogen and oxygen atoms in total. The number of tetrazole rings is 1. The highest BCUT2D eigenvalue weighted by Gasteiger charge is 2.44. The van der Waals surface area contributed by atoms with E-state index >= 15 is 0 Å². The minimum atomic E-state index is -0.805. The molecule has 2 aromatic carbocycles. The van der Waals surface area contributed by atoms with Gasteiger partial charge in [0.25, 0.3) is 17.7 Å². The molecule has 5 aromatic rings. The number of carbonyl (C=O) groups is 4. The molecule has 4 saturated heterocycles. The molecule has 19 heteroatoms. The largest absolute Gasteiger partial charge is 0.371 e. The van der Waals surface area contributed by atoms with E-state index in [1.165, 1.54) is 12.8 Å². The SMILES string of the molecule is C=C1CCC(N2C(=O)c3ccc(N4CCC(CN5CCC(CN6[C@H](C)CN(c7cc(-c8n[nH]c9ccc(NC(=O)C%10=C(C)N(C)c%11nnnn%11C%10C)cc89)ccn7)C[C@@H]6C)CC5)CC4)cc3C2=O)C(=O)N1. The fourth-order valence-corrected chi connectivity index (χ4v) is 12.0. The first-order valence-corrected chi connectivity index (χ1v) is 25.3. The number of anilines is 4. The standard InChI is InChI=1S/C52H63N15O4/c1-30-7-12-44(48(68)54-30)66-50(70)40-10-9-39(25-41(40)51(66)71)63-21-16-35(17-22-63)28-62-19-14-36(15-20-62)29-65-31(2)26-64(27-32(65)3)45-23-37(13-18-53-45)47-42-24-38(8-11-43(42)56-57-47)55-49(69)46-33(4)61(6)52-58-59-60-67(52)34(46)5/h8-11,13,18,23-25,31-32,34-36,44H,1,7,12,14-17,19-22,26-29H2,2-6H3,(H,54,68)(H,55,69)(H,56,57)/t31-,32+,34?,44?. The van der Waals surface area contributed by atoms with Gasteiger partial charge in [0.1, 0.15) is 17.6 Å². The number of piperazine rings is 1. The summed E-state index contributed by atoms with van der Waals surface area (Å²) in [6.07, 6.45) is 7.38. The summed E-state index contributed by atoms with van der Waals surface area (Å²) in [6.45, 7) is 20.4. The summed E-state index contributed by atoms with van der Waals surface area (Å²) in [5.41, 5.74) is 7.04. The molecule has 0 bridgehead atoms. The minimum Gasteiger partial charge on any atom is -0.371 e. The van der Waals surface area contributed by atoms with Gasteiger partial charge < -0.3 is 30.2 Å². The molecule has 6 aliphatic rings. The number of hydrogen-bond donors (Lipinski definition) is 3. The Kier molecular flexibility index (Phi) is 12.2. The van der Waals surface area contributed by atoms with Gasteiger partial charge in [-0.25, -0.2) is 9.67 Å². The van der Waals surface area contributed by atoms with Crippen molar-refractivity contribution in [2.45, 2.75) is 90.4 Å². The van der Waals surface area contributed by atoms with Crippen LogP contribution < -0.4 is 25.3 Å². The predicted molar refractivity (Wildman–Crippen MR) is 271 cm³/mol. The molecular weight excluding hydrogens is 899 g/mol. The van der Waals surface area contributed by atoms with Crippen molar-refractivity contribution < 1.29 is 19.2 Å². The van der Waals surface area contributed by atoms with Gasteiger partial charge in [-0.15, -0.1) is 0 Å². The number of hydrogen-bond acceptors (Lipinski definition) is 14. The fraction of sp³-hybridized carbons (Fsp3) is 0.481. The summed E-state index contributed by atoms with van der Waals surface area (Å²) >= 11 is 0. The quantitative estimate of drug-likeness (QED) is 0.150. The fourth-order valence-electron chi connectivity index (χ4n) is 12.0. The Hall–Kier alpha value is -6.99. The highest BCUT2D eigenvalue weighted by Crippen LogP contribution is 2.37. The van der Waals surface area contributed by atoms with Gasteiger partial charge in [-0.2, -0.15) is 5.10 Å². The van der Waals surface area contributed by atoms with E-state index in [0.717, 1.165) is 109 Å². The molecule has 2 unspecified atom stereocenters. The first-order valence-electron chi connectivity index (χ1n) is 25.3. The number of allylic oxidation sites excluding steroid dienone is 2. The number of imide groups is 1. The molecule has 3 aromatic heterocycles. The zero-order valence-electron chi connectivity index (χ0n) is 41.3. The third-order valence-electron chi connectivity index (χ3n) is 16.2. The normalized spacial score (nSPS) is 24.0. The molecule has 4 amide bonds. The number of benzene rings is 2. The number of nitrogens with zero attached hydrogens (tertiary/aromatic N) is 12. The van der Waals surface area contributed by atoms with Crippen molar-refractivity contribution >= 4 is 57.7 Å². The molecule has 3 N–H and O–H groups in total. The summed E-state index contributed by atoms with van der Waals surface area (Å²) in [5.74, 6) is 1.49. The molecule has 4 atom stereocenters. The van der Waals surface area contributed by atoms with Crippen molar-refractivity contribution in [3.63, 3.8) is 0 Å². The first kappa shape index (κ1) is 46.4. The van der Waals surface area contributed by atoms with Gasteiger partial charge in [-0.05, 0) is 150 Å². The number of likely N-dealkylation sites (tertiary alicyclic amines) is 1. The van der Waals surface area contributed by atoms with E-state index in [2.05, 4.69) is 77.4 Å². The Morgan fingerprint density at radius 2 is 1.58 bits per heavy atom. The Bertz CT molecular complexity index is 2950. The van der Waals surface area contributed by atoms with Crippen LogP contribution in [0.4, 0.5) is 23.1 Å². The monoisotopic (exact) mass is 962 g/mol. The number of piperidine rings is 3. The smallest absolute Gasteiger partial charge is 0.262 e. The van der Waals surface area contributed by atoms with E-state index in [9.17, 15) is 19.2 Å². The summed E-state index contributed by atoms with van der Waals surface area (Å²) in [6, 6.07) is 15.1. The van der Waals surface area contributed by atoms with Gasteiger partial charge >= 0.3 is 0 Å². The van der Waals surface area contributed by atoms with Crippen molar-refractivity contribution in [2.24, 2.45) is 11.8 Å². The summed E-state index contributed by atoms with van der Waals surface area (Å²) in [7, 11) is 1.86. The second-order valence-corrected chi connectivity index (χ2v) is 20.7. The van der Waals surface area contributed by atoms with Crippen LogP contribution in [0.25, 0.3) is 22.2 Å². The van der Waals surface area contributed by atoms with E-state index in [4.69, 9.17) is 10.1 Å². The molecule has 6 aliphatic heterocycles. The van der Waals surface area contributed by atoms with Crippen LogP contribution >= 0.6 is 0 Å². The Labute approximate surface area is 413 Å². The molecule has 0 radical (unpaired) electrons. The second kappa shape index (κ2) is 18.6. The maximum Gasteiger partial charge on any atom is 0.262 e. The third-order valence-corrected chi connectivity index (χ3v) is 16.2. The van der Waals surface area contributed by atoms with Gasteiger partial charge in [0.05, 0.1) is 28.3 Å². The van der Waals surface area contributed by atoms with Gasteiger partial charge in [-0.3, -0.25) is 34.1 Å². The second-order valence-electron chi connectivity index (χ2n) is 20.7. The highest BCUT2D eigenvalue weighted by atomic mass is 16.2. The van der Waals surface area contributed by atoms with Crippen molar-refractivity contribution in [2.75, 3.05) is 79.4 Å². The van der Waals surface area contributed by atoms with Crippen molar-refractivity contribution in [3.8, 4) is 11.3 Å². The summed E-state index contributed by atoms with van der Waals surface area (Å²) < 4.78 is 1.66.